The maximum Gasteiger partial charge on any atom is 0.211 e. The van der Waals surface area contributed by atoms with Crippen molar-refractivity contribution in [1.82, 2.24) is 0 Å². The third-order valence-corrected chi connectivity index (χ3v) is 6.85. The van der Waals surface area contributed by atoms with E-state index in [9.17, 15) is 13.2 Å². The van der Waals surface area contributed by atoms with Gasteiger partial charge in [0.15, 0.2) is 9.84 Å². The molecule has 1 aliphatic heterocycles. The molecule has 1 heterocycles. The topological polar surface area (TPSA) is 122 Å². The number of benzene rings is 1. The van der Waals surface area contributed by atoms with Gasteiger partial charge in [-0.25, -0.2) is 8.42 Å². The summed E-state index contributed by atoms with van der Waals surface area (Å²) in [6, 6.07) is 5.33. The lowest BCUT2D eigenvalue weighted by atomic mass is 9.94. The second kappa shape index (κ2) is 6.29. The summed E-state index contributed by atoms with van der Waals surface area (Å²) < 4.78 is 29.3. The van der Waals surface area contributed by atoms with Crippen LogP contribution in [-0.2, 0) is 26.0 Å². The number of nitrogens with two attached hydrogens (primary N) is 1. The molecule has 0 bridgehead atoms. The van der Waals surface area contributed by atoms with Gasteiger partial charge < -0.3 is 15.8 Å². The number of carbonyl (C=O) groups excluding carboxylic acids is 1. The first kappa shape index (κ1) is 17.4. The van der Waals surface area contributed by atoms with Crippen LogP contribution in [0.15, 0.2) is 18.2 Å². The van der Waals surface area contributed by atoms with Crippen LogP contribution in [0.4, 0.5) is 5.69 Å². The molecule has 0 fully saturated rings. The number of anilines is 1. The first-order valence-corrected chi connectivity index (χ1v) is 8.82. The Bertz CT molecular complexity index is 728. The van der Waals surface area contributed by atoms with Crippen LogP contribution in [-0.4, -0.2) is 37.8 Å². The van der Waals surface area contributed by atoms with Crippen molar-refractivity contribution < 1.29 is 17.9 Å². The van der Waals surface area contributed by atoms with Gasteiger partial charge in [0.25, 0.3) is 0 Å². The summed E-state index contributed by atoms with van der Waals surface area (Å²) in [6.07, 6.45) is 0.575. The summed E-state index contributed by atoms with van der Waals surface area (Å²) in [4.78, 5) is 10.6. The Balaban J connectivity index is 2.35. The SMILES string of the molecule is CC(C)(C(=N)N)S(=O)(=O)C[C@H]1COCc2ccc(NC=O)cc21. The zero-order chi connectivity index (χ0) is 17.3. The minimum atomic E-state index is -3.65. The number of fused-ring (bicyclic) bond motifs is 1. The first-order valence-electron chi connectivity index (χ1n) is 7.16. The first-order chi connectivity index (χ1) is 10.7. The average Bonchev–Trinajstić information content (AvgIpc) is 2.47. The molecule has 1 atom stereocenters. The van der Waals surface area contributed by atoms with Crippen molar-refractivity contribution in [3.8, 4) is 0 Å². The van der Waals surface area contributed by atoms with Crippen LogP contribution < -0.4 is 11.1 Å². The van der Waals surface area contributed by atoms with Crippen LogP contribution in [0.5, 0.6) is 0 Å². The Morgan fingerprint density at radius 1 is 1.52 bits per heavy atom. The maximum absolute atomic E-state index is 12.6. The molecule has 126 valence electrons. The molecule has 0 saturated heterocycles. The molecule has 0 aliphatic carbocycles. The van der Waals surface area contributed by atoms with Crippen LogP contribution in [0, 0.1) is 5.41 Å². The molecule has 23 heavy (non-hydrogen) atoms. The van der Waals surface area contributed by atoms with E-state index in [1.165, 1.54) is 13.8 Å². The van der Waals surface area contributed by atoms with E-state index in [1.54, 1.807) is 12.1 Å². The number of hydrogen-bond donors (Lipinski definition) is 3. The van der Waals surface area contributed by atoms with Gasteiger partial charge in [-0.1, -0.05) is 6.07 Å². The Hall–Kier alpha value is -1.93. The molecule has 1 aromatic carbocycles. The molecule has 7 nitrogen and oxygen atoms in total. The Morgan fingerprint density at radius 3 is 2.83 bits per heavy atom. The second-order valence-electron chi connectivity index (χ2n) is 6.09. The van der Waals surface area contributed by atoms with Crippen molar-refractivity contribution >= 4 is 27.8 Å². The third kappa shape index (κ3) is 3.37. The lowest BCUT2D eigenvalue weighted by Crippen LogP contribution is -2.47. The predicted octanol–water partition coefficient (Wildman–Crippen LogP) is 0.998. The summed E-state index contributed by atoms with van der Waals surface area (Å²) in [7, 11) is -3.65. The number of sulfone groups is 1. The molecule has 1 aromatic rings. The van der Waals surface area contributed by atoms with E-state index in [4.69, 9.17) is 15.9 Å². The van der Waals surface area contributed by atoms with Gasteiger partial charge >= 0.3 is 0 Å². The minimum Gasteiger partial charge on any atom is -0.386 e. The van der Waals surface area contributed by atoms with Crippen LogP contribution in [0.25, 0.3) is 0 Å². The molecule has 0 unspecified atom stereocenters. The fraction of sp³-hybridized carbons (Fsp3) is 0.467. The van der Waals surface area contributed by atoms with Crippen LogP contribution in [0.3, 0.4) is 0 Å². The predicted molar refractivity (Wildman–Crippen MR) is 88.3 cm³/mol. The van der Waals surface area contributed by atoms with Gasteiger partial charge in [-0.15, -0.1) is 0 Å². The molecule has 8 heteroatoms. The second-order valence-corrected chi connectivity index (χ2v) is 8.68. The molecule has 0 spiro atoms. The van der Waals surface area contributed by atoms with E-state index < -0.39 is 14.6 Å². The Morgan fingerprint density at radius 2 is 2.22 bits per heavy atom. The molecular formula is C15H21N3O4S. The van der Waals surface area contributed by atoms with E-state index in [0.717, 1.165) is 11.1 Å². The van der Waals surface area contributed by atoms with E-state index in [2.05, 4.69) is 5.32 Å². The van der Waals surface area contributed by atoms with Gasteiger partial charge in [0.2, 0.25) is 6.41 Å². The van der Waals surface area contributed by atoms with E-state index in [0.29, 0.717) is 18.7 Å². The van der Waals surface area contributed by atoms with Crippen molar-refractivity contribution in [3.63, 3.8) is 0 Å². The highest BCUT2D eigenvalue weighted by atomic mass is 32.2. The number of ether oxygens (including phenoxy) is 1. The Labute approximate surface area is 135 Å². The van der Waals surface area contributed by atoms with Gasteiger partial charge in [-0.3, -0.25) is 10.2 Å². The molecule has 1 amide bonds. The molecule has 1 aliphatic rings. The smallest absolute Gasteiger partial charge is 0.211 e. The monoisotopic (exact) mass is 339 g/mol. The fourth-order valence-electron chi connectivity index (χ4n) is 2.44. The lowest BCUT2D eigenvalue weighted by molar-refractivity contribution is -0.105. The maximum atomic E-state index is 12.6. The highest BCUT2D eigenvalue weighted by Crippen LogP contribution is 2.32. The zero-order valence-electron chi connectivity index (χ0n) is 13.1. The quantitative estimate of drug-likeness (QED) is 0.405. The van der Waals surface area contributed by atoms with E-state index in [1.807, 2.05) is 6.07 Å². The normalized spacial score (nSPS) is 18.1. The van der Waals surface area contributed by atoms with Crippen molar-refractivity contribution in [2.24, 2.45) is 5.73 Å². The number of hydrogen-bond acceptors (Lipinski definition) is 5. The molecule has 0 aromatic heterocycles. The van der Waals surface area contributed by atoms with Gasteiger partial charge in [-0.05, 0) is 37.1 Å². The van der Waals surface area contributed by atoms with Crippen molar-refractivity contribution in [3.05, 3.63) is 29.3 Å². The van der Waals surface area contributed by atoms with E-state index in [-0.39, 0.29) is 24.1 Å². The number of amides is 1. The van der Waals surface area contributed by atoms with Crippen molar-refractivity contribution in [2.75, 3.05) is 17.7 Å². The van der Waals surface area contributed by atoms with Crippen LogP contribution in [0.1, 0.15) is 30.9 Å². The van der Waals surface area contributed by atoms with Crippen LogP contribution >= 0.6 is 0 Å². The zero-order valence-corrected chi connectivity index (χ0v) is 13.9. The number of amidine groups is 1. The largest absolute Gasteiger partial charge is 0.386 e. The van der Waals surface area contributed by atoms with Crippen LogP contribution in [0.2, 0.25) is 0 Å². The summed E-state index contributed by atoms with van der Waals surface area (Å²) in [5.74, 6) is -0.918. The molecule has 0 radical (unpaired) electrons. The lowest BCUT2D eigenvalue weighted by Gasteiger charge is -2.30. The fourth-order valence-corrected chi connectivity index (χ4v) is 4.00. The van der Waals surface area contributed by atoms with Gasteiger partial charge in [-0.2, -0.15) is 0 Å². The van der Waals surface area contributed by atoms with Gasteiger partial charge in [0.05, 0.1) is 19.0 Å². The van der Waals surface area contributed by atoms with Gasteiger partial charge in [0, 0.05) is 11.6 Å². The Kier molecular flexibility index (Phi) is 4.76. The standard InChI is InChI=1S/C15H21N3O4S/c1-15(2,14(16)17)23(20,21)8-11-7-22-6-10-3-4-12(18-9-19)5-13(10)11/h3-5,9,11H,6-8H2,1-2H3,(H3,16,17)(H,18,19)/t11-/m1/s1. The third-order valence-electron chi connectivity index (χ3n) is 4.23. The molecular weight excluding hydrogens is 318 g/mol. The van der Waals surface area contributed by atoms with Gasteiger partial charge in [0.1, 0.15) is 10.6 Å². The number of nitrogens with one attached hydrogen (secondary N) is 2. The van der Waals surface area contributed by atoms with Crippen molar-refractivity contribution in [1.29, 1.82) is 5.41 Å². The highest BCUT2D eigenvalue weighted by molar-refractivity contribution is 7.93. The summed E-state index contributed by atoms with van der Waals surface area (Å²) >= 11 is 0. The summed E-state index contributed by atoms with van der Waals surface area (Å²) in [5.41, 5.74) is 7.78. The molecule has 4 N–H and O–H groups in total. The average molecular weight is 339 g/mol. The molecule has 0 saturated carbocycles. The minimum absolute atomic E-state index is 0.170. The molecule has 2 rings (SSSR count). The summed E-state index contributed by atoms with van der Waals surface area (Å²) in [6.45, 7) is 3.54. The highest BCUT2D eigenvalue weighted by Gasteiger charge is 2.40. The number of rotatable bonds is 6. The summed E-state index contributed by atoms with van der Waals surface area (Å²) in [5, 5.41) is 10.1. The van der Waals surface area contributed by atoms with Crippen molar-refractivity contribution in [2.45, 2.75) is 31.1 Å². The van der Waals surface area contributed by atoms with E-state index >= 15 is 0 Å². The number of carbonyl (C=O) groups is 1.